The fourth-order valence-electron chi connectivity index (χ4n) is 1.87. The summed E-state index contributed by atoms with van der Waals surface area (Å²) >= 11 is 0. The quantitative estimate of drug-likeness (QED) is 0.885. The molecule has 0 aliphatic rings. The first-order chi connectivity index (χ1) is 8.90. The minimum absolute atomic E-state index is 0.0334. The Morgan fingerprint density at radius 2 is 2.00 bits per heavy atom. The molecule has 1 N–H and O–H groups in total. The number of hydrogen-bond donors (Lipinski definition) is 1. The van der Waals surface area contributed by atoms with Crippen molar-refractivity contribution in [1.82, 2.24) is 5.32 Å². The number of anilines is 1. The van der Waals surface area contributed by atoms with Crippen molar-refractivity contribution in [3.8, 4) is 0 Å². The van der Waals surface area contributed by atoms with Gasteiger partial charge in [0, 0.05) is 31.6 Å². The second-order valence-electron chi connectivity index (χ2n) is 4.98. The highest BCUT2D eigenvalue weighted by molar-refractivity contribution is 5.92. The standard InChI is InChI=1S/C15H22N2O2/c1-11(2)16-15(19)8-9-17(13(4)18)14-7-5-6-12(3)10-14/h5-7,10-11H,8-9H2,1-4H3,(H,16,19). The van der Waals surface area contributed by atoms with Crippen LogP contribution >= 0.6 is 0 Å². The van der Waals surface area contributed by atoms with Crippen molar-refractivity contribution in [2.75, 3.05) is 11.4 Å². The molecule has 2 amide bonds. The van der Waals surface area contributed by atoms with Crippen LogP contribution in [0.3, 0.4) is 0 Å². The van der Waals surface area contributed by atoms with Crippen molar-refractivity contribution >= 4 is 17.5 Å². The molecule has 0 saturated heterocycles. The largest absolute Gasteiger partial charge is 0.354 e. The summed E-state index contributed by atoms with van der Waals surface area (Å²) in [6, 6.07) is 7.84. The van der Waals surface area contributed by atoms with Gasteiger partial charge in [0.25, 0.3) is 0 Å². The van der Waals surface area contributed by atoms with Crippen LogP contribution in [0.1, 0.15) is 32.8 Å². The number of hydrogen-bond acceptors (Lipinski definition) is 2. The van der Waals surface area contributed by atoms with E-state index in [1.54, 1.807) is 4.90 Å². The maximum absolute atomic E-state index is 11.7. The van der Waals surface area contributed by atoms with E-state index in [1.807, 2.05) is 45.0 Å². The molecule has 0 aliphatic heterocycles. The molecule has 0 saturated carbocycles. The zero-order chi connectivity index (χ0) is 14.4. The third-order valence-corrected chi connectivity index (χ3v) is 2.71. The smallest absolute Gasteiger partial charge is 0.223 e. The zero-order valence-electron chi connectivity index (χ0n) is 12.1. The Hall–Kier alpha value is -1.84. The molecule has 0 spiro atoms. The van der Waals surface area contributed by atoms with E-state index in [2.05, 4.69) is 5.32 Å². The molecular formula is C15H22N2O2. The monoisotopic (exact) mass is 262 g/mol. The molecular weight excluding hydrogens is 240 g/mol. The van der Waals surface area contributed by atoms with Crippen molar-refractivity contribution in [3.63, 3.8) is 0 Å². The number of rotatable bonds is 5. The average Bonchev–Trinajstić information content (AvgIpc) is 2.27. The average molecular weight is 262 g/mol. The van der Waals surface area contributed by atoms with E-state index < -0.39 is 0 Å². The van der Waals surface area contributed by atoms with Crippen LogP contribution in [0.4, 0.5) is 5.69 Å². The number of nitrogens with zero attached hydrogens (tertiary/aromatic N) is 1. The van der Waals surface area contributed by atoms with Gasteiger partial charge in [-0.1, -0.05) is 12.1 Å². The molecule has 0 fully saturated rings. The lowest BCUT2D eigenvalue weighted by atomic mass is 10.2. The summed E-state index contributed by atoms with van der Waals surface area (Å²) < 4.78 is 0. The summed E-state index contributed by atoms with van der Waals surface area (Å²) in [4.78, 5) is 24.9. The molecule has 4 heteroatoms. The van der Waals surface area contributed by atoms with Gasteiger partial charge in [-0.2, -0.15) is 0 Å². The predicted octanol–water partition coefficient (Wildman–Crippen LogP) is 2.26. The number of amides is 2. The molecule has 0 unspecified atom stereocenters. The van der Waals surface area contributed by atoms with Crippen molar-refractivity contribution < 1.29 is 9.59 Å². The first kappa shape index (κ1) is 15.2. The van der Waals surface area contributed by atoms with Crippen LogP contribution in [-0.2, 0) is 9.59 Å². The Balaban J connectivity index is 2.69. The number of carbonyl (C=O) groups is 2. The van der Waals surface area contributed by atoms with Gasteiger partial charge in [-0.3, -0.25) is 9.59 Å². The van der Waals surface area contributed by atoms with Crippen LogP contribution in [0.15, 0.2) is 24.3 Å². The van der Waals surface area contributed by atoms with E-state index in [0.717, 1.165) is 11.3 Å². The topological polar surface area (TPSA) is 49.4 Å². The summed E-state index contributed by atoms with van der Waals surface area (Å²) in [6.45, 7) is 7.73. The highest BCUT2D eigenvalue weighted by Gasteiger charge is 2.13. The van der Waals surface area contributed by atoms with Crippen molar-refractivity contribution in [2.45, 2.75) is 40.2 Å². The third-order valence-electron chi connectivity index (χ3n) is 2.71. The number of aryl methyl sites for hydroxylation is 1. The molecule has 1 aromatic carbocycles. The number of benzene rings is 1. The number of nitrogens with one attached hydrogen (secondary N) is 1. The van der Waals surface area contributed by atoms with Crippen molar-refractivity contribution in [1.29, 1.82) is 0 Å². The lowest BCUT2D eigenvalue weighted by Gasteiger charge is -2.21. The molecule has 4 nitrogen and oxygen atoms in total. The lowest BCUT2D eigenvalue weighted by Crippen LogP contribution is -2.36. The normalized spacial score (nSPS) is 10.4. The van der Waals surface area contributed by atoms with Gasteiger partial charge in [0.05, 0.1) is 0 Å². The Morgan fingerprint density at radius 3 is 2.53 bits per heavy atom. The minimum Gasteiger partial charge on any atom is -0.354 e. The molecule has 0 radical (unpaired) electrons. The highest BCUT2D eigenvalue weighted by atomic mass is 16.2. The Morgan fingerprint density at radius 1 is 1.32 bits per heavy atom. The van der Waals surface area contributed by atoms with Crippen LogP contribution in [0.5, 0.6) is 0 Å². The molecule has 1 rings (SSSR count). The maximum atomic E-state index is 11.7. The summed E-state index contributed by atoms with van der Waals surface area (Å²) in [6.07, 6.45) is 0.311. The third kappa shape index (κ3) is 5.12. The fourth-order valence-corrected chi connectivity index (χ4v) is 1.87. The molecule has 104 valence electrons. The van der Waals surface area contributed by atoms with Crippen LogP contribution in [0.25, 0.3) is 0 Å². The van der Waals surface area contributed by atoms with Gasteiger partial charge in [0.15, 0.2) is 0 Å². The van der Waals surface area contributed by atoms with Crippen molar-refractivity contribution in [3.05, 3.63) is 29.8 Å². The van der Waals surface area contributed by atoms with Gasteiger partial charge in [-0.15, -0.1) is 0 Å². The summed E-state index contributed by atoms with van der Waals surface area (Å²) in [5.41, 5.74) is 1.93. The zero-order valence-corrected chi connectivity index (χ0v) is 12.1. The maximum Gasteiger partial charge on any atom is 0.223 e. The molecule has 0 bridgehead atoms. The van der Waals surface area contributed by atoms with E-state index in [0.29, 0.717) is 13.0 Å². The fraction of sp³-hybridized carbons (Fsp3) is 0.467. The van der Waals surface area contributed by atoms with Gasteiger partial charge >= 0.3 is 0 Å². The molecule has 0 aliphatic carbocycles. The van der Waals surface area contributed by atoms with Crippen LogP contribution < -0.4 is 10.2 Å². The van der Waals surface area contributed by atoms with Gasteiger partial charge in [-0.25, -0.2) is 0 Å². The molecule has 0 heterocycles. The molecule has 19 heavy (non-hydrogen) atoms. The Kier molecular flexibility index (Phi) is 5.55. The SMILES string of the molecule is CC(=O)N(CCC(=O)NC(C)C)c1cccc(C)c1. The minimum atomic E-state index is -0.0528. The molecule has 0 aromatic heterocycles. The predicted molar refractivity (Wildman–Crippen MR) is 77.1 cm³/mol. The molecule has 0 atom stereocenters. The second kappa shape index (κ2) is 6.92. The van der Waals surface area contributed by atoms with E-state index in [1.165, 1.54) is 6.92 Å². The van der Waals surface area contributed by atoms with Crippen molar-refractivity contribution in [2.24, 2.45) is 0 Å². The first-order valence-electron chi connectivity index (χ1n) is 6.54. The van der Waals surface area contributed by atoms with E-state index in [-0.39, 0.29) is 17.9 Å². The van der Waals surface area contributed by atoms with Crippen LogP contribution in [-0.4, -0.2) is 24.4 Å². The lowest BCUT2D eigenvalue weighted by molar-refractivity contribution is -0.121. The summed E-state index contributed by atoms with van der Waals surface area (Å²) in [5.74, 6) is -0.0862. The van der Waals surface area contributed by atoms with Gasteiger partial charge in [0.1, 0.15) is 0 Å². The summed E-state index contributed by atoms with van der Waals surface area (Å²) in [7, 11) is 0. The number of carbonyl (C=O) groups excluding carboxylic acids is 2. The van der Waals surface area contributed by atoms with E-state index >= 15 is 0 Å². The van der Waals surface area contributed by atoms with Gasteiger partial charge in [-0.05, 0) is 38.5 Å². The van der Waals surface area contributed by atoms with E-state index in [4.69, 9.17) is 0 Å². The van der Waals surface area contributed by atoms with Crippen LogP contribution in [0, 0.1) is 6.92 Å². The van der Waals surface area contributed by atoms with E-state index in [9.17, 15) is 9.59 Å². The summed E-state index contributed by atoms with van der Waals surface area (Å²) in [5, 5.41) is 2.82. The Bertz CT molecular complexity index is 455. The highest BCUT2D eigenvalue weighted by Crippen LogP contribution is 2.16. The van der Waals surface area contributed by atoms with Gasteiger partial charge in [0.2, 0.25) is 11.8 Å². The first-order valence-corrected chi connectivity index (χ1v) is 6.54. The molecule has 1 aromatic rings. The second-order valence-corrected chi connectivity index (χ2v) is 4.98. The van der Waals surface area contributed by atoms with Gasteiger partial charge < -0.3 is 10.2 Å². The van der Waals surface area contributed by atoms with Crippen LogP contribution in [0.2, 0.25) is 0 Å². The Labute approximate surface area is 114 Å².